The van der Waals surface area contributed by atoms with Crippen molar-refractivity contribution in [2.24, 2.45) is 5.92 Å². The van der Waals surface area contributed by atoms with Gasteiger partial charge in [0.25, 0.3) is 0 Å². The highest BCUT2D eigenvalue weighted by Crippen LogP contribution is 2.39. The molecule has 0 spiro atoms. The summed E-state index contributed by atoms with van der Waals surface area (Å²) < 4.78 is 5.10. The first kappa shape index (κ1) is 12.3. The van der Waals surface area contributed by atoms with Gasteiger partial charge < -0.3 is 14.9 Å². The Morgan fingerprint density at radius 3 is 2.41 bits per heavy atom. The van der Waals surface area contributed by atoms with E-state index in [1.807, 2.05) is 0 Å². The number of piperidine rings is 1. The van der Waals surface area contributed by atoms with Gasteiger partial charge in [0.2, 0.25) is 5.91 Å². The zero-order valence-electron chi connectivity index (χ0n) is 10.1. The van der Waals surface area contributed by atoms with E-state index in [1.165, 1.54) is 0 Å². The molecule has 2 fully saturated rings. The molecule has 2 N–H and O–H groups in total. The quantitative estimate of drug-likeness (QED) is 0.619. The van der Waals surface area contributed by atoms with Crippen LogP contribution in [-0.4, -0.2) is 51.0 Å². The Bertz CT molecular complexity index is 361. The number of carbonyl (C=O) groups excluding carboxylic acids is 2. The van der Waals surface area contributed by atoms with Gasteiger partial charge in [0.1, 0.15) is 11.7 Å². The van der Waals surface area contributed by atoms with Crippen LogP contribution in [0.5, 0.6) is 0 Å². The monoisotopic (exact) mass is 243 g/mol. The van der Waals surface area contributed by atoms with Crippen molar-refractivity contribution < 1.29 is 24.5 Å². The van der Waals surface area contributed by atoms with Crippen molar-refractivity contribution in [3.05, 3.63) is 0 Å². The van der Waals surface area contributed by atoms with Crippen molar-refractivity contribution >= 4 is 12.0 Å². The van der Waals surface area contributed by atoms with Crippen LogP contribution in [0.15, 0.2) is 0 Å². The van der Waals surface area contributed by atoms with Crippen molar-refractivity contribution in [3.63, 3.8) is 0 Å². The Balaban J connectivity index is 2.14. The van der Waals surface area contributed by atoms with Gasteiger partial charge in [-0.2, -0.15) is 0 Å². The van der Waals surface area contributed by atoms with Crippen LogP contribution >= 0.6 is 0 Å². The van der Waals surface area contributed by atoms with E-state index in [0.29, 0.717) is 6.42 Å². The summed E-state index contributed by atoms with van der Waals surface area (Å²) >= 11 is 0. The Kier molecular flexibility index (Phi) is 2.67. The normalized spacial score (nSPS) is 36.5. The largest absolute Gasteiger partial charge is 0.443 e. The van der Waals surface area contributed by atoms with Gasteiger partial charge >= 0.3 is 6.09 Å². The van der Waals surface area contributed by atoms with Gasteiger partial charge in [-0.05, 0) is 27.2 Å². The number of rotatable bonds is 0. The molecule has 0 aromatic heterocycles. The molecular formula is C11H17NO5. The second-order valence-electron chi connectivity index (χ2n) is 5.58. The SMILES string of the molecule is CC(C)(C)OC(=O)N1C(=O)C2CC1[C@H](O)[C@@H]2O. The smallest absolute Gasteiger partial charge is 0.417 e. The van der Waals surface area contributed by atoms with Crippen molar-refractivity contribution in [2.75, 3.05) is 0 Å². The third kappa shape index (κ3) is 1.91. The molecule has 17 heavy (non-hydrogen) atoms. The summed E-state index contributed by atoms with van der Waals surface area (Å²) in [6, 6.07) is -0.655. The number of hydrogen-bond donors (Lipinski definition) is 2. The number of amides is 2. The third-order valence-electron chi connectivity index (χ3n) is 3.13. The average molecular weight is 243 g/mol. The lowest BCUT2D eigenvalue weighted by Crippen LogP contribution is -2.54. The molecule has 0 aromatic rings. The van der Waals surface area contributed by atoms with Gasteiger partial charge in [0, 0.05) is 0 Å². The van der Waals surface area contributed by atoms with Crippen LogP contribution < -0.4 is 0 Å². The Morgan fingerprint density at radius 2 is 1.94 bits per heavy atom. The zero-order chi connectivity index (χ0) is 13.0. The van der Waals surface area contributed by atoms with E-state index >= 15 is 0 Å². The Morgan fingerprint density at radius 1 is 1.35 bits per heavy atom. The highest BCUT2D eigenvalue weighted by atomic mass is 16.6. The molecule has 6 heteroatoms. The van der Waals surface area contributed by atoms with Crippen molar-refractivity contribution in [3.8, 4) is 0 Å². The van der Waals surface area contributed by atoms with Crippen LogP contribution in [0, 0.1) is 5.92 Å². The lowest BCUT2D eigenvalue weighted by molar-refractivity contribution is -0.144. The molecule has 1 saturated carbocycles. The molecule has 1 heterocycles. The molecule has 0 radical (unpaired) electrons. The fourth-order valence-corrected chi connectivity index (χ4v) is 2.39. The van der Waals surface area contributed by atoms with E-state index in [1.54, 1.807) is 20.8 Å². The molecule has 0 aromatic carbocycles. The van der Waals surface area contributed by atoms with Gasteiger partial charge in [0.15, 0.2) is 0 Å². The molecule has 2 aliphatic rings. The van der Waals surface area contributed by atoms with E-state index in [-0.39, 0.29) is 0 Å². The van der Waals surface area contributed by atoms with Gasteiger partial charge in [-0.3, -0.25) is 4.79 Å². The minimum absolute atomic E-state index is 0.306. The molecular weight excluding hydrogens is 226 g/mol. The summed E-state index contributed by atoms with van der Waals surface area (Å²) in [4.78, 5) is 24.5. The number of ether oxygens (including phenoxy) is 1. The van der Waals surface area contributed by atoms with E-state index < -0.39 is 41.8 Å². The van der Waals surface area contributed by atoms with Gasteiger partial charge in [-0.25, -0.2) is 9.69 Å². The molecule has 1 saturated heterocycles. The molecule has 96 valence electrons. The average Bonchev–Trinajstić information content (AvgIpc) is 2.62. The maximum Gasteiger partial charge on any atom is 0.417 e. The lowest BCUT2D eigenvalue weighted by atomic mass is 10.0. The topological polar surface area (TPSA) is 87.1 Å². The molecule has 1 aliphatic carbocycles. The minimum Gasteiger partial charge on any atom is -0.443 e. The Hall–Kier alpha value is -1.14. The number of hydrogen-bond acceptors (Lipinski definition) is 5. The summed E-state index contributed by atoms with van der Waals surface area (Å²) in [5, 5.41) is 19.2. The number of imide groups is 1. The second kappa shape index (κ2) is 3.68. The molecule has 6 nitrogen and oxygen atoms in total. The summed E-state index contributed by atoms with van der Waals surface area (Å²) in [6.07, 6.45) is -2.57. The first-order valence-corrected chi connectivity index (χ1v) is 5.64. The maximum absolute atomic E-state index is 11.8. The van der Waals surface area contributed by atoms with Gasteiger partial charge in [0.05, 0.1) is 18.1 Å². The summed E-state index contributed by atoms with van der Waals surface area (Å²) in [5.41, 5.74) is -0.692. The summed E-state index contributed by atoms with van der Waals surface area (Å²) in [6.45, 7) is 5.11. The molecule has 2 amide bonds. The van der Waals surface area contributed by atoms with Crippen LogP contribution in [0.4, 0.5) is 4.79 Å². The van der Waals surface area contributed by atoms with Gasteiger partial charge in [-0.1, -0.05) is 0 Å². The van der Waals surface area contributed by atoms with E-state index in [4.69, 9.17) is 4.74 Å². The summed E-state index contributed by atoms with van der Waals surface area (Å²) in [5.74, 6) is -1.13. The third-order valence-corrected chi connectivity index (χ3v) is 3.13. The van der Waals surface area contributed by atoms with Crippen LogP contribution in [0.25, 0.3) is 0 Å². The predicted molar refractivity (Wildman–Crippen MR) is 57.0 cm³/mol. The van der Waals surface area contributed by atoms with Crippen molar-refractivity contribution in [1.29, 1.82) is 0 Å². The van der Waals surface area contributed by atoms with Crippen molar-refractivity contribution in [1.82, 2.24) is 4.90 Å². The first-order chi connectivity index (χ1) is 7.72. The molecule has 1 aliphatic heterocycles. The zero-order valence-corrected chi connectivity index (χ0v) is 10.1. The van der Waals surface area contributed by atoms with Crippen molar-refractivity contribution in [2.45, 2.75) is 51.0 Å². The van der Waals surface area contributed by atoms with E-state index in [9.17, 15) is 19.8 Å². The molecule has 4 atom stereocenters. The number of fused-ring (bicyclic) bond motifs is 2. The maximum atomic E-state index is 11.8. The lowest BCUT2D eigenvalue weighted by Gasteiger charge is -2.33. The van der Waals surface area contributed by atoms with Crippen LogP contribution in [0.1, 0.15) is 27.2 Å². The van der Waals surface area contributed by atoms with E-state index in [0.717, 1.165) is 4.90 Å². The number of nitrogens with zero attached hydrogens (tertiary/aromatic N) is 1. The number of aliphatic hydroxyl groups excluding tert-OH is 2. The fraction of sp³-hybridized carbons (Fsp3) is 0.818. The number of carbonyl (C=O) groups is 2. The molecule has 2 bridgehead atoms. The second-order valence-corrected chi connectivity index (χ2v) is 5.58. The van der Waals surface area contributed by atoms with Crippen LogP contribution in [-0.2, 0) is 9.53 Å². The highest BCUT2D eigenvalue weighted by molar-refractivity contribution is 5.97. The summed E-state index contributed by atoms with van der Waals surface area (Å²) in [7, 11) is 0. The van der Waals surface area contributed by atoms with Crippen LogP contribution in [0.3, 0.4) is 0 Å². The number of aliphatic hydroxyl groups is 2. The Labute approximate surface area is 99.2 Å². The molecule has 2 unspecified atom stereocenters. The highest BCUT2D eigenvalue weighted by Gasteiger charge is 2.58. The van der Waals surface area contributed by atoms with Gasteiger partial charge in [-0.15, -0.1) is 0 Å². The molecule has 2 rings (SSSR count). The standard InChI is InChI=1S/C11H17NO5/c1-11(2,3)17-10(16)12-6-4-5(9(12)15)7(13)8(6)14/h5-8,13-14H,4H2,1-3H3/t5?,6?,7-,8+/m1/s1. The predicted octanol–water partition coefficient (Wildman–Crippen LogP) is -0.126. The number of likely N-dealkylation sites (tertiary alicyclic amines) is 1. The van der Waals surface area contributed by atoms with E-state index in [2.05, 4.69) is 0 Å². The van der Waals surface area contributed by atoms with Crippen LogP contribution in [0.2, 0.25) is 0 Å². The minimum atomic E-state index is -1.06. The first-order valence-electron chi connectivity index (χ1n) is 5.64. The fourth-order valence-electron chi connectivity index (χ4n) is 2.39.